The lowest BCUT2D eigenvalue weighted by Crippen LogP contribution is -2.29. The number of carbonyl (C=O) groups is 4. The van der Waals surface area contributed by atoms with Crippen LogP contribution in [0.25, 0.3) is 0 Å². The van der Waals surface area contributed by atoms with Crippen LogP contribution >= 0.6 is 0 Å². The summed E-state index contributed by atoms with van der Waals surface area (Å²) in [6, 6.07) is 8.97. The van der Waals surface area contributed by atoms with Gasteiger partial charge in [-0.25, -0.2) is 14.5 Å². The van der Waals surface area contributed by atoms with Crippen LogP contribution in [0.15, 0.2) is 42.5 Å². The third kappa shape index (κ3) is 2.24. The van der Waals surface area contributed by atoms with Crippen molar-refractivity contribution >= 4 is 29.4 Å². The van der Waals surface area contributed by atoms with E-state index in [1.807, 2.05) is 0 Å². The van der Waals surface area contributed by atoms with Crippen molar-refractivity contribution in [2.45, 2.75) is 0 Å². The lowest BCUT2D eigenvalue weighted by molar-refractivity contribution is 0.0686. The highest BCUT2D eigenvalue weighted by atomic mass is 16.4. The first kappa shape index (κ1) is 14.5. The number of carboxylic acids is 2. The smallest absolute Gasteiger partial charge is 0.335 e. The van der Waals surface area contributed by atoms with E-state index in [0.29, 0.717) is 0 Å². The van der Waals surface area contributed by atoms with Gasteiger partial charge in [0.25, 0.3) is 11.8 Å². The number of amides is 2. The van der Waals surface area contributed by atoms with Crippen LogP contribution in [0.2, 0.25) is 0 Å². The van der Waals surface area contributed by atoms with Crippen molar-refractivity contribution in [2.24, 2.45) is 0 Å². The highest BCUT2D eigenvalue weighted by Crippen LogP contribution is 2.29. The molecule has 2 amide bonds. The Morgan fingerprint density at radius 2 is 1.26 bits per heavy atom. The summed E-state index contributed by atoms with van der Waals surface area (Å²) >= 11 is 0. The van der Waals surface area contributed by atoms with Gasteiger partial charge in [0.05, 0.1) is 27.9 Å². The van der Waals surface area contributed by atoms with Gasteiger partial charge in [-0.2, -0.15) is 0 Å². The summed E-state index contributed by atoms with van der Waals surface area (Å²) in [7, 11) is 0. The molecule has 1 aliphatic heterocycles. The molecule has 0 aromatic heterocycles. The lowest BCUT2D eigenvalue weighted by atomic mass is 10.1. The SMILES string of the molecule is O=C(O)c1ccc(N2C(=O)c3ccc(C(=O)O)cc3C2=O)cc1. The Bertz CT molecular complexity index is 869. The van der Waals surface area contributed by atoms with E-state index in [9.17, 15) is 19.2 Å². The van der Waals surface area contributed by atoms with Crippen LogP contribution in [-0.2, 0) is 0 Å². The van der Waals surface area contributed by atoms with Crippen LogP contribution in [0.4, 0.5) is 5.69 Å². The molecule has 2 N–H and O–H groups in total. The molecule has 0 saturated heterocycles. The molecule has 23 heavy (non-hydrogen) atoms. The van der Waals surface area contributed by atoms with E-state index >= 15 is 0 Å². The van der Waals surface area contributed by atoms with Crippen LogP contribution in [0.5, 0.6) is 0 Å². The van der Waals surface area contributed by atoms with E-state index in [1.165, 1.54) is 36.4 Å². The molecule has 7 nitrogen and oxygen atoms in total. The number of carbonyl (C=O) groups excluding carboxylic acids is 2. The van der Waals surface area contributed by atoms with Gasteiger partial charge < -0.3 is 10.2 Å². The standard InChI is InChI=1S/C16H9NO6/c18-13-11-6-3-9(16(22)23)7-12(11)14(19)17(13)10-4-1-8(2-5-10)15(20)21/h1-7H,(H,20,21)(H,22,23). The fourth-order valence-electron chi connectivity index (χ4n) is 2.36. The number of benzene rings is 2. The minimum Gasteiger partial charge on any atom is -0.478 e. The number of fused-ring (bicyclic) bond motifs is 1. The predicted molar refractivity (Wildman–Crippen MR) is 77.9 cm³/mol. The number of nitrogens with zero attached hydrogens (tertiary/aromatic N) is 1. The van der Waals surface area contributed by atoms with Crippen molar-refractivity contribution in [2.75, 3.05) is 4.90 Å². The first-order chi connectivity index (χ1) is 10.9. The molecule has 1 aliphatic rings. The summed E-state index contributed by atoms with van der Waals surface area (Å²) in [6.07, 6.45) is 0. The van der Waals surface area contributed by atoms with Gasteiger partial charge in [-0.05, 0) is 42.5 Å². The number of rotatable bonds is 3. The molecule has 0 radical (unpaired) electrons. The Balaban J connectivity index is 2.02. The maximum Gasteiger partial charge on any atom is 0.335 e. The van der Waals surface area contributed by atoms with Crippen LogP contribution in [-0.4, -0.2) is 34.0 Å². The second-order valence-corrected chi connectivity index (χ2v) is 4.86. The second-order valence-electron chi connectivity index (χ2n) is 4.86. The molecule has 0 fully saturated rings. The molecule has 2 aromatic carbocycles. The van der Waals surface area contributed by atoms with Gasteiger partial charge in [-0.15, -0.1) is 0 Å². The molecule has 0 spiro atoms. The van der Waals surface area contributed by atoms with Crippen molar-refractivity contribution < 1.29 is 29.4 Å². The largest absolute Gasteiger partial charge is 0.478 e. The molecule has 0 bridgehead atoms. The van der Waals surface area contributed by atoms with E-state index in [-0.39, 0.29) is 27.9 Å². The van der Waals surface area contributed by atoms with Crippen LogP contribution in [0.3, 0.4) is 0 Å². The number of hydrogen-bond donors (Lipinski definition) is 2. The van der Waals surface area contributed by atoms with Gasteiger partial charge >= 0.3 is 11.9 Å². The third-order valence-corrected chi connectivity index (χ3v) is 3.51. The van der Waals surface area contributed by atoms with E-state index < -0.39 is 23.8 Å². The summed E-state index contributed by atoms with van der Waals surface area (Å²) in [5, 5.41) is 17.8. The van der Waals surface area contributed by atoms with E-state index in [4.69, 9.17) is 10.2 Å². The Morgan fingerprint density at radius 3 is 1.83 bits per heavy atom. The Hall–Kier alpha value is -3.48. The van der Waals surface area contributed by atoms with Crippen molar-refractivity contribution in [3.8, 4) is 0 Å². The number of hydrogen-bond acceptors (Lipinski definition) is 4. The average Bonchev–Trinajstić information content (AvgIpc) is 2.78. The van der Waals surface area contributed by atoms with Crippen LogP contribution < -0.4 is 4.90 Å². The zero-order chi connectivity index (χ0) is 16.7. The minimum atomic E-state index is -1.20. The molecular weight excluding hydrogens is 302 g/mol. The van der Waals surface area contributed by atoms with Crippen molar-refractivity contribution in [1.82, 2.24) is 0 Å². The van der Waals surface area contributed by atoms with Crippen LogP contribution in [0, 0.1) is 0 Å². The van der Waals surface area contributed by atoms with Crippen molar-refractivity contribution in [3.63, 3.8) is 0 Å². The average molecular weight is 311 g/mol. The monoisotopic (exact) mass is 311 g/mol. The molecule has 7 heteroatoms. The van der Waals surface area contributed by atoms with E-state index in [1.54, 1.807) is 0 Å². The zero-order valence-electron chi connectivity index (χ0n) is 11.5. The van der Waals surface area contributed by atoms with E-state index in [2.05, 4.69) is 0 Å². The Labute approximate surface area is 129 Å². The molecule has 0 atom stereocenters. The Morgan fingerprint density at radius 1 is 0.739 bits per heavy atom. The molecule has 2 aromatic rings. The minimum absolute atomic E-state index is 0.0113. The normalized spacial score (nSPS) is 13.1. The van der Waals surface area contributed by atoms with Gasteiger partial charge in [-0.1, -0.05) is 0 Å². The summed E-state index contributed by atoms with van der Waals surface area (Å²) in [4.78, 5) is 47.5. The zero-order valence-corrected chi connectivity index (χ0v) is 11.5. The lowest BCUT2D eigenvalue weighted by Gasteiger charge is -2.13. The molecule has 0 unspecified atom stereocenters. The number of anilines is 1. The maximum absolute atomic E-state index is 12.4. The molecule has 0 saturated carbocycles. The summed E-state index contributed by atoms with van der Waals surface area (Å²) in [5.41, 5.74) is 0.282. The molecule has 114 valence electrons. The highest BCUT2D eigenvalue weighted by molar-refractivity contribution is 6.34. The predicted octanol–water partition coefficient (Wildman–Crippen LogP) is 1.88. The topological polar surface area (TPSA) is 112 Å². The van der Waals surface area contributed by atoms with E-state index in [0.717, 1.165) is 11.0 Å². The summed E-state index contributed by atoms with van der Waals surface area (Å²) < 4.78 is 0. The quantitative estimate of drug-likeness (QED) is 0.837. The third-order valence-electron chi connectivity index (χ3n) is 3.51. The summed E-state index contributed by atoms with van der Waals surface area (Å²) in [5.74, 6) is -3.54. The number of carboxylic acid groups (broad SMARTS) is 2. The summed E-state index contributed by atoms with van der Waals surface area (Å²) in [6.45, 7) is 0. The molecule has 3 rings (SSSR count). The maximum atomic E-state index is 12.4. The number of aromatic carboxylic acids is 2. The second kappa shape index (κ2) is 5.06. The fourth-order valence-corrected chi connectivity index (χ4v) is 2.36. The molecular formula is C16H9NO6. The van der Waals surface area contributed by atoms with Gasteiger partial charge in [0.2, 0.25) is 0 Å². The van der Waals surface area contributed by atoms with Gasteiger partial charge in [0.1, 0.15) is 0 Å². The van der Waals surface area contributed by atoms with Crippen molar-refractivity contribution in [3.05, 3.63) is 64.7 Å². The van der Waals surface area contributed by atoms with Crippen molar-refractivity contribution in [1.29, 1.82) is 0 Å². The first-order valence-corrected chi connectivity index (χ1v) is 6.49. The fraction of sp³-hybridized carbons (Fsp3) is 0. The van der Waals surface area contributed by atoms with Crippen LogP contribution in [0.1, 0.15) is 41.4 Å². The molecule has 1 heterocycles. The van der Waals surface area contributed by atoms with Gasteiger partial charge in [0.15, 0.2) is 0 Å². The first-order valence-electron chi connectivity index (χ1n) is 6.49. The highest BCUT2D eigenvalue weighted by Gasteiger charge is 2.37. The van der Waals surface area contributed by atoms with Gasteiger partial charge in [0, 0.05) is 0 Å². The molecule has 0 aliphatic carbocycles. The van der Waals surface area contributed by atoms with Gasteiger partial charge in [-0.3, -0.25) is 9.59 Å². The Kier molecular flexibility index (Phi) is 3.18. The number of imide groups is 1.